The van der Waals surface area contributed by atoms with Crippen LogP contribution in [0, 0.1) is 13.8 Å². The molecule has 1 aliphatic heterocycles. The molecule has 1 saturated heterocycles. The van der Waals surface area contributed by atoms with Gasteiger partial charge in [-0.2, -0.15) is 5.10 Å². The highest BCUT2D eigenvalue weighted by Crippen LogP contribution is 2.26. The standard InChI is InChI=1S/C19H21N5O3/c1-11-4-5-14(7-20-11)19-16(13(3)27-22-19)9-24-18(26)6-15(8-21-24)23-10-17(25)12(23)2/h4-8,12,17,25H,9-10H2,1-3H3/t12-,17-/m1/s1. The summed E-state index contributed by atoms with van der Waals surface area (Å²) >= 11 is 0. The van der Waals surface area contributed by atoms with Crippen molar-refractivity contribution in [3.05, 3.63) is 58.0 Å². The number of hydrogen-bond acceptors (Lipinski definition) is 7. The molecule has 27 heavy (non-hydrogen) atoms. The van der Waals surface area contributed by atoms with Crippen LogP contribution < -0.4 is 10.5 Å². The monoisotopic (exact) mass is 367 g/mol. The number of aromatic nitrogens is 4. The molecule has 8 nitrogen and oxygen atoms in total. The predicted octanol–water partition coefficient (Wildman–Crippen LogP) is 1.53. The van der Waals surface area contributed by atoms with Gasteiger partial charge in [-0.15, -0.1) is 0 Å². The molecular weight excluding hydrogens is 346 g/mol. The number of aliphatic hydroxyl groups is 1. The third-order valence-corrected chi connectivity index (χ3v) is 5.10. The first-order valence-electron chi connectivity index (χ1n) is 8.84. The second-order valence-electron chi connectivity index (χ2n) is 6.92. The van der Waals surface area contributed by atoms with Crippen molar-refractivity contribution < 1.29 is 9.63 Å². The van der Waals surface area contributed by atoms with Crippen LogP contribution in [0.15, 0.2) is 39.9 Å². The Kier molecular flexibility index (Phi) is 4.27. The van der Waals surface area contributed by atoms with Gasteiger partial charge >= 0.3 is 0 Å². The average Bonchev–Trinajstić information content (AvgIpc) is 3.02. The van der Waals surface area contributed by atoms with Crippen molar-refractivity contribution in [2.75, 3.05) is 11.4 Å². The summed E-state index contributed by atoms with van der Waals surface area (Å²) in [6.07, 6.45) is 3.03. The Morgan fingerprint density at radius 3 is 2.74 bits per heavy atom. The van der Waals surface area contributed by atoms with Crippen molar-refractivity contribution in [2.24, 2.45) is 0 Å². The molecule has 140 valence electrons. The SMILES string of the molecule is Cc1ccc(-c2noc(C)c2Cn2ncc(N3C[C@@H](O)[C@H]3C)cc2=O)cn1. The van der Waals surface area contributed by atoms with Crippen molar-refractivity contribution in [1.29, 1.82) is 0 Å². The minimum Gasteiger partial charge on any atom is -0.389 e. The Bertz CT molecular complexity index is 1020. The Balaban J connectivity index is 1.62. The van der Waals surface area contributed by atoms with E-state index in [0.29, 0.717) is 18.0 Å². The van der Waals surface area contributed by atoms with Crippen LogP contribution in [0.5, 0.6) is 0 Å². The van der Waals surface area contributed by atoms with Gasteiger partial charge < -0.3 is 14.5 Å². The van der Waals surface area contributed by atoms with Crippen LogP contribution in [-0.4, -0.2) is 43.7 Å². The van der Waals surface area contributed by atoms with E-state index in [1.807, 2.05) is 37.8 Å². The summed E-state index contributed by atoms with van der Waals surface area (Å²) in [4.78, 5) is 18.8. The Labute approximate surface area is 156 Å². The van der Waals surface area contributed by atoms with Crippen LogP contribution in [0.3, 0.4) is 0 Å². The van der Waals surface area contributed by atoms with Gasteiger partial charge in [0, 0.05) is 35.6 Å². The fraction of sp³-hybridized carbons (Fsp3) is 0.368. The molecule has 0 spiro atoms. The maximum atomic E-state index is 12.6. The van der Waals surface area contributed by atoms with Crippen molar-refractivity contribution >= 4 is 5.69 Å². The molecule has 0 amide bonds. The number of pyridine rings is 1. The number of β-amino-alcohol motifs (C(OH)–C–C–N with tert-alkyl or cyclic N) is 1. The molecule has 0 radical (unpaired) electrons. The van der Waals surface area contributed by atoms with E-state index in [1.54, 1.807) is 18.5 Å². The van der Waals surface area contributed by atoms with E-state index >= 15 is 0 Å². The molecule has 1 fully saturated rings. The lowest BCUT2D eigenvalue weighted by Crippen LogP contribution is -2.59. The third kappa shape index (κ3) is 3.12. The largest absolute Gasteiger partial charge is 0.389 e. The number of nitrogens with zero attached hydrogens (tertiary/aromatic N) is 5. The molecule has 0 aromatic carbocycles. The first kappa shape index (κ1) is 17.4. The van der Waals surface area contributed by atoms with E-state index in [1.165, 1.54) is 4.68 Å². The van der Waals surface area contributed by atoms with Gasteiger partial charge in [-0.1, -0.05) is 5.16 Å². The van der Waals surface area contributed by atoms with Gasteiger partial charge in [0.1, 0.15) is 11.5 Å². The van der Waals surface area contributed by atoms with Gasteiger partial charge in [-0.3, -0.25) is 9.78 Å². The summed E-state index contributed by atoms with van der Waals surface area (Å²) in [7, 11) is 0. The Morgan fingerprint density at radius 2 is 2.11 bits per heavy atom. The summed E-state index contributed by atoms with van der Waals surface area (Å²) in [6, 6.07) is 5.37. The molecule has 4 rings (SSSR count). The number of anilines is 1. The van der Waals surface area contributed by atoms with Crippen molar-refractivity contribution in [3.63, 3.8) is 0 Å². The van der Waals surface area contributed by atoms with Crippen LogP contribution in [-0.2, 0) is 6.54 Å². The maximum absolute atomic E-state index is 12.6. The zero-order valence-electron chi connectivity index (χ0n) is 15.5. The molecule has 1 N–H and O–H groups in total. The van der Waals surface area contributed by atoms with Gasteiger partial charge in [-0.25, -0.2) is 4.68 Å². The summed E-state index contributed by atoms with van der Waals surface area (Å²) in [6.45, 7) is 6.43. The summed E-state index contributed by atoms with van der Waals surface area (Å²) < 4.78 is 6.73. The van der Waals surface area contributed by atoms with Gasteiger partial charge in [0.15, 0.2) is 0 Å². The Morgan fingerprint density at radius 1 is 1.30 bits per heavy atom. The number of hydrogen-bond donors (Lipinski definition) is 1. The quantitative estimate of drug-likeness (QED) is 0.747. The van der Waals surface area contributed by atoms with Crippen LogP contribution in [0.25, 0.3) is 11.3 Å². The molecule has 3 aromatic heterocycles. The smallest absolute Gasteiger partial charge is 0.269 e. The molecule has 2 atom stereocenters. The summed E-state index contributed by atoms with van der Waals surface area (Å²) in [5.74, 6) is 0.642. The second kappa shape index (κ2) is 6.62. The lowest BCUT2D eigenvalue weighted by atomic mass is 10.0. The minimum absolute atomic E-state index is 0.0111. The summed E-state index contributed by atoms with van der Waals surface area (Å²) in [5, 5.41) is 18.1. The van der Waals surface area contributed by atoms with Crippen LogP contribution in [0.1, 0.15) is 23.9 Å². The topological polar surface area (TPSA) is 97.3 Å². The van der Waals surface area contributed by atoms with E-state index in [4.69, 9.17) is 4.52 Å². The zero-order valence-corrected chi connectivity index (χ0v) is 15.5. The lowest BCUT2D eigenvalue weighted by molar-refractivity contribution is 0.0993. The fourth-order valence-corrected chi connectivity index (χ4v) is 3.19. The van der Waals surface area contributed by atoms with E-state index in [2.05, 4.69) is 15.2 Å². The zero-order chi connectivity index (χ0) is 19.1. The number of aryl methyl sites for hydroxylation is 2. The molecule has 4 heterocycles. The molecule has 0 saturated carbocycles. The molecule has 0 unspecified atom stereocenters. The predicted molar refractivity (Wildman–Crippen MR) is 99.6 cm³/mol. The van der Waals surface area contributed by atoms with Gasteiger partial charge in [0.25, 0.3) is 5.56 Å². The maximum Gasteiger partial charge on any atom is 0.269 e. The van der Waals surface area contributed by atoms with Crippen molar-refractivity contribution in [3.8, 4) is 11.3 Å². The van der Waals surface area contributed by atoms with Crippen LogP contribution in [0.2, 0.25) is 0 Å². The minimum atomic E-state index is -0.363. The van der Waals surface area contributed by atoms with Gasteiger partial charge in [-0.05, 0) is 32.9 Å². The highest BCUT2D eigenvalue weighted by molar-refractivity contribution is 5.62. The molecule has 3 aromatic rings. The normalized spacial score (nSPS) is 19.2. The van der Waals surface area contributed by atoms with E-state index in [-0.39, 0.29) is 24.2 Å². The molecule has 1 aliphatic rings. The second-order valence-corrected chi connectivity index (χ2v) is 6.92. The number of aliphatic hydroxyl groups excluding tert-OH is 1. The first-order chi connectivity index (χ1) is 12.9. The van der Waals surface area contributed by atoms with Crippen LogP contribution in [0.4, 0.5) is 5.69 Å². The summed E-state index contributed by atoms with van der Waals surface area (Å²) in [5.41, 5.74) is 3.72. The van der Waals surface area contributed by atoms with E-state index in [0.717, 1.165) is 22.5 Å². The average molecular weight is 367 g/mol. The van der Waals surface area contributed by atoms with E-state index in [9.17, 15) is 9.90 Å². The third-order valence-electron chi connectivity index (χ3n) is 5.10. The Hall–Kier alpha value is -3.00. The van der Waals surface area contributed by atoms with Crippen molar-refractivity contribution in [1.82, 2.24) is 19.9 Å². The van der Waals surface area contributed by atoms with Gasteiger partial charge in [0.2, 0.25) is 0 Å². The van der Waals surface area contributed by atoms with Gasteiger partial charge in [0.05, 0.1) is 30.6 Å². The van der Waals surface area contributed by atoms with E-state index < -0.39 is 0 Å². The number of rotatable bonds is 4. The highest BCUT2D eigenvalue weighted by atomic mass is 16.5. The van der Waals surface area contributed by atoms with Crippen molar-refractivity contribution in [2.45, 2.75) is 39.5 Å². The van der Waals surface area contributed by atoms with Crippen LogP contribution >= 0.6 is 0 Å². The molecule has 8 heteroatoms. The highest BCUT2D eigenvalue weighted by Gasteiger charge is 2.34. The molecule has 0 aliphatic carbocycles. The first-order valence-corrected chi connectivity index (χ1v) is 8.84. The lowest BCUT2D eigenvalue weighted by Gasteiger charge is -2.44. The molecule has 0 bridgehead atoms. The fourth-order valence-electron chi connectivity index (χ4n) is 3.19. The molecular formula is C19H21N5O3.